The topological polar surface area (TPSA) is 98.7 Å². The number of aliphatic hydroxyl groups is 1. The summed E-state index contributed by atoms with van der Waals surface area (Å²) < 4.78 is 0. The van der Waals surface area contributed by atoms with Gasteiger partial charge in [-0.25, -0.2) is 9.59 Å². The number of carbonyl (C=O) groups is 2. The van der Waals surface area contributed by atoms with E-state index in [1.54, 1.807) is 0 Å². The first-order valence-corrected chi connectivity index (χ1v) is 5.85. The maximum Gasteiger partial charge on any atom is 0.328 e. The number of hydrogen-bond acceptors (Lipinski definition) is 3. The molecule has 0 saturated carbocycles. The number of rotatable bonds is 8. The molecule has 0 aliphatic rings. The Bertz CT molecular complexity index is 244. The molecular weight excluding hydrogens is 224 g/mol. The SMILES string of the molecule is CC(C)CCCCNC(=O)N[C@@H](CO)C(=O)O. The summed E-state index contributed by atoms with van der Waals surface area (Å²) in [5.74, 6) is -0.600. The van der Waals surface area contributed by atoms with Crippen molar-refractivity contribution in [3.63, 3.8) is 0 Å². The minimum Gasteiger partial charge on any atom is -0.480 e. The predicted molar refractivity (Wildman–Crippen MR) is 63.7 cm³/mol. The van der Waals surface area contributed by atoms with Crippen molar-refractivity contribution in [1.82, 2.24) is 10.6 Å². The quantitative estimate of drug-likeness (QED) is 0.470. The summed E-state index contributed by atoms with van der Waals surface area (Å²) in [6, 6.07) is -1.80. The maximum absolute atomic E-state index is 11.2. The molecule has 0 aliphatic carbocycles. The van der Waals surface area contributed by atoms with Crippen molar-refractivity contribution < 1.29 is 19.8 Å². The minimum atomic E-state index is -1.25. The highest BCUT2D eigenvalue weighted by molar-refractivity contribution is 5.82. The van der Waals surface area contributed by atoms with E-state index in [-0.39, 0.29) is 0 Å². The second-order valence-electron chi connectivity index (χ2n) is 4.36. The van der Waals surface area contributed by atoms with Crippen LogP contribution in [0.3, 0.4) is 0 Å². The second-order valence-corrected chi connectivity index (χ2v) is 4.36. The number of carboxylic acids is 1. The molecule has 0 aliphatic heterocycles. The van der Waals surface area contributed by atoms with Gasteiger partial charge >= 0.3 is 12.0 Å². The molecule has 2 amide bonds. The fourth-order valence-corrected chi connectivity index (χ4v) is 1.27. The van der Waals surface area contributed by atoms with Crippen LogP contribution in [0, 0.1) is 5.92 Å². The van der Waals surface area contributed by atoms with Crippen molar-refractivity contribution in [3.05, 3.63) is 0 Å². The summed E-state index contributed by atoms with van der Waals surface area (Å²) in [5, 5.41) is 22.0. The average Bonchev–Trinajstić information content (AvgIpc) is 2.24. The highest BCUT2D eigenvalue weighted by Gasteiger charge is 2.17. The largest absolute Gasteiger partial charge is 0.480 e. The van der Waals surface area contributed by atoms with Crippen LogP contribution in [0.25, 0.3) is 0 Å². The Morgan fingerprint density at radius 2 is 1.88 bits per heavy atom. The van der Waals surface area contributed by atoms with Gasteiger partial charge in [-0.2, -0.15) is 0 Å². The molecule has 6 heteroatoms. The highest BCUT2D eigenvalue weighted by Crippen LogP contribution is 2.04. The second kappa shape index (κ2) is 8.81. The lowest BCUT2D eigenvalue weighted by Crippen LogP contribution is -2.48. The van der Waals surface area contributed by atoms with Gasteiger partial charge in [-0.05, 0) is 12.3 Å². The first-order valence-electron chi connectivity index (χ1n) is 5.85. The van der Waals surface area contributed by atoms with Gasteiger partial charge in [-0.15, -0.1) is 0 Å². The minimum absolute atomic E-state index is 0.510. The standard InChI is InChI=1S/C11H22N2O4/c1-8(2)5-3-4-6-12-11(17)13-9(7-14)10(15)16/h8-9,14H,3-7H2,1-2H3,(H,15,16)(H2,12,13,17)/t9-/m0/s1. The lowest BCUT2D eigenvalue weighted by atomic mass is 10.1. The van der Waals surface area contributed by atoms with Crippen LogP contribution in [-0.2, 0) is 4.79 Å². The van der Waals surface area contributed by atoms with Crippen molar-refractivity contribution in [2.24, 2.45) is 5.92 Å². The molecule has 0 aromatic heterocycles. The summed E-state index contributed by atoms with van der Waals surface area (Å²) in [7, 11) is 0. The average molecular weight is 246 g/mol. The number of carbonyl (C=O) groups excluding carboxylic acids is 1. The number of aliphatic hydroxyl groups excluding tert-OH is 1. The van der Waals surface area contributed by atoms with Crippen LogP contribution in [-0.4, -0.2) is 41.4 Å². The summed E-state index contributed by atoms with van der Waals surface area (Å²) >= 11 is 0. The van der Waals surface area contributed by atoms with Crippen molar-refractivity contribution in [2.45, 2.75) is 39.2 Å². The molecule has 0 saturated heterocycles. The van der Waals surface area contributed by atoms with Gasteiger partial charge in [0, 0.05) is 6.54 Å². The molecule has 0 rings (SSSR count). The molecule has 0 radical (unpaired) electrons. The van der Waals surface area contributed by atoms with E-state index in [2.05, 4.69) is 24.5 Å². The highest BCUT2D eigenvalue weighted by atomic mass is 16.4. The number of aliphatic carboxylic acids is 1. The Morgan fingerprint density at radius 1 is 1.24 bits per heavy atom. The van der Waals surface area contributed by atoms with Crippen LogP contribution in [0.5, 0.6) is 0 Å². The van der Waals surface area contributed by atoms with Gasteiger partial charge in [0.25, 0.3) is 0 Å². The Balaban J connectivity index is 3.62. The van der Waals surface area contributed by atoms with Crippen molar-refractivity contribution in [2.75, 3.05) is 13.2 Å². The fourth-order valence-electron chi connectivity index (χ4n) is 1.27. The van der Waals surface area contributed by atoms with Crippen molar-refractivity contribution >= 4 is 12.0 Å². The summed E-state index contributed by atoms with van der Waals surface area (Å²) in [5.41, 5.74) is 0. The molecule has 0 fully saturated rings. The number of amides is 2. The van der Waals surface area contributed by atoms with Crippen LogP contribution in [0.15, 0.2) is 0 Å². The first-order chi connectivity index (χ1) is 7.97. The Labute approximate surface area is 101 Å². The number of urea groups is 1. The van der Waals surface area contributed by atoms with Gasteiger partial charge < -0.3 is 20.8 Å². The van der Waals surface area contributed by atoms with Gasteiger partial charge in [0.1, 0.15) is 0 Å². The van der Waals surface area contributed by atoms with Crippen LogP contribution in [0.2, 0.25) is 0 Å². The Kier molecular flexibility index (Phi) is 8.13. The third kappa shape index (κ3) is 8.50. The zero-order chi connectivity index (χ0) is 13.3. The molecule has 0 aromatic rings. The maximum atomic E-state index is 11.2. The summed E-state index contributed by atoms with van der Waals surface area (Å²) in [6.45, 7) is 4.17. The zero-order valence-electron chi connectivity index (χ0n) is 10.4. The third-order valence-electron chi connectivity index (χ3n) is 2.28. The van der Waals surface area contributed by atoms with Gasteiger partial charge in [0.15, 0.2) is 6.04 Å². The molecule has 17 heavy (non-hydrogen) atoms. The smallest absolute Gasteiger partial charge is 0.328 e. The zero-order valence-corrected chi connectivity index (χ0v) is 10.4. The summed E-state index contributed by atoms with van der Waals surface area (Å²) in [6.07, 6.45) is 3.00. The lowest BCUT2D eigenvalue weighted by molar-refractivity contribution is -0.140. The van der Waals surface area contributed by atoms with Crippen LogP contribution in [0.4, 0.5) is 4.79 Å². The van der Waals surface area contributed by atoms with E-state index in [1.165, 1.54) is 0 Å². The number of nitrogens with one attached hydrogen (secondary N) is 2. The molecule has 0 heterocycles. The van der Waals surface area contributed by atoms with Crippen LogP contribution in [0.1, 0.15) is 33.1 Å². The van der Waals surface area contributed by atoms with E-state index in [9.17, 15) is 9.59 Å². The molecule has 0 unspecified atom stereocenters. The molecule has 100 valence electrons. The first kappa shape index (κ1) is 15.7. The van der Waals surface area contributed by atoms with Crippen LogP contribution >= 0.6 is 0 Å². The summed E-state index contributed by atoms with van der Waals surface area (Å²) in [4.78, 5) is 21.7. The molecular formula is C11H22N2O4. The van der Waals surface area contributed by atoms with E-state index in [0.717, 1.165) is 19.3 Å². The van der Waals surface area contributed by atoms with Gasteiger partial charge in [0.05, 0.1) is 6.61 Å². The molecule has 1 atom stereocenters. The van der Waals surface area contributed by atoms with Crippen LogP contribution < -0.4 is 10.6 Å². The molecule has 6 nitrogen and oxygen atoms in total. The number of unbranched alkanes of at least 4 members (excludes halogenated alkanes) is 1. The fraction of sp³-hybridized carbons (Fsp3) is 0.818. The van der Waals surface area contributed by atoms with Crippen molar-refractivity contribution in [1.29, 1.82) is 0 Å². The monoisotopic (exact) mass is 246 g/mol. The predicted octanol–water partition coefficient (Wildman–Crippen LogP) is 0.557. The van der Waals surface area contributed by atoms with E-state index in [4.69, 9.17) is 10.2 Å². The molecule has 0 bridgehead atoms. The number of carboxylic acid groups (broad SMARTS) is 1. The van der Waals surface area contributed by atoms with Crippen molar-refractivity contribution in [3.8, 4) is 0 Å². The third-order valence-corrected chi connectivity index (χ3v) is 2.28. The van der Waals surface area contributed by atoms with E-state index in [1.807, 2.05) is 0 Å². The van der Waals surface area contributed by atoms with Gasteiger partial charge in [-0.3, -0.25) is 0 Å². The Hall–Kier alpha value is -1.30. The van der Waals surface area contributed by atoms with E-state index < -0.39 is 24.6 Å². The molecule has 4 N–H and O–H groups in total. The molecule has 0 aromatic carbocycles. The number of hydrogen-bond donors (Lipinski definition) is 4. The normalized spacial score (nSPS) is 12.2. The Morgan fingerprint density at radius 3 is 2.35 bits per heavy atom. The van der Waals surface area contributed by atoms with E-state index in [0.29, 0.717) is 12.5 Å². The van der Waals surface area contributed by atoms with Gasteiger partial charge in [-0.1, -0.05) is 26.7 Å². The van der Waals surface area contributed by atoms with Gasteiger partial charge in [0.2, 0.25) is 0 Å². The molecule has 0 spiro atoms. The van der Waals surface area contributed by atoms with E-state index >= 15 is 0 Å². The lowest BCUT2D eigenvalue weighted by Gasteiger charge is -2.12.